The molecule has 0 radical (unpaired) electrons. The molecule has 0 aromatic heterocycles. The van der Waals surface area contributed by atoms with Gasteiger partial charge in [-0.2, -0.15) is 0 Å². The minimum absolute atomic E-state index is 0.0665. The first kappa shape index (κ1) is 39.3. The summed E-state index contributed by atoms with van der Waals surface area (Å²) in [5, 5.41) is 14.2. The van der Waals surface area contributed by atoms with Gasteiger partial charge in [0, 0.05) is 5.92 Å². The van der Waals surface area contributed by atoms with Gasteiger partial charge in [0.1, 0.15) is 37.2 Å². The lowest BCUT2D eigenvalue weighted by molar-refractivity contribution is -0.276. The van der Waals surface area contributed by atoms with Crippen LogP contribution in [0.4, 0.5) is 9.59 Å². The van der Waals surface area contributed by atoms with Gasteiger partial charge in [0.05, 0.1) is 19.8 Å². The Hall–Kier alpha value is -4.40. The Labute approximate surface area is 326 Å². The van der Waals surface area contributed by atoms with E-state index >= 15 is 0 Å². The third-order valence-electron chi connectivity index (χ3n) is 8.80. The summed E-state index contributed by atoms with van der Waals surface area (Å²) >= 11 is 17.4. The molecule has 1 aliphatic heterocycles. The number of ether oxygens (including phenoxy) is 7. The van der Waals surface area contributed by atoms with Crippen LogP contribution in [0.15, 0.2) is 103 Å². The van der Waals surface area contributed by atoms with Crippen molar-refractivity contribution in [3.05, 3.63) is 125 Å². The monoisotopic (exact) mass is 799 g/mol. The van der Waals surface area contributed by atoms with Gasteiger partial charge in [0.15, 0.2) is 12.4 Å². The Morgan fingerprint density at radius 3 is 2.07 bits per heavy atom. The topological polar surface area (TPSA) is 148 Å². The molecular weight excluding hydrogens is 765 g/mol. The molecule has 0 spiro atoms. The highest BCUT2D eigenvalue weighted by atomic mass is 35.6. The summed E-state index contributed by atoms with van der Waals surface area (Å²) in [5.41, 5.74) is 5.56. The number of amides is 1. The van der Waals surface area contributed by atoms with E-state index in [-0.39, 0.29) is 32.3 Å². The molecule has 5 atom stereocenters. The Morgan fingerprint density at radius 1 is 0.796 bits per heavy atom. The van der Waals surface area contributed by atoms with Crippen molar-refractivity contribution in [1.29, 1.82) is 0 Å². The van der Waals surface area contributed by atoms with Crippen molar-refractivity contribution in [2.45, 2.75) is 53.6 Å². The number of fused-ring (bicyclic) bond motifs is 3. The summed E-state index contributed by atoms with van der Waals surface area (Å²) in [6, 6.07) is 30.1. The standard InChI is InChI=1S/C39H36Cl3NO11/c40-39(41,42)22-51-37(46)43-33-35(54-38(47)50-20-31-29-12-6-4-10-27(29)28-11-5-7-13-30(28)31)34(45)32(21-48-18-24-8-2-1-3-9-24)53-36(33)49-19-25-14-16-26(17-15-25)52-23-44/h1-17,23,31-36,45H,18-22H2,(H,43,46)/t32-,33-,34-,35-,36-/m1/s1. The zero-order chi connectivity index (χ0) is 38.1. The van der Waals surface area contributed by atoms with Crippen LogP contribution < -0.4 is 10.1 Å². The highest BCUT2D eigenvalue weighted by Gasteiger charge is 2.50. The molecule has 1 saturated heterocycles. The minimum Gasteiger partial charge on any atom is -0.445 e. The van der Waals surface area contributed by atoms with Crippen molar-refractivity contribution in [2.24, 2.45) is 0 Å². The third kappa shape index (κ3) is 10.2. The SMILES string of the molecule is O=COc1ccc(CO[C@@H]2O[C@H](COCc3ccccc3)[C@@H](O)[C@H](OC(=O)OCC3c4ccccc4-c4ccccc43)[C@H]2NC(=O)OCC(Cl)(Cl)Cl)cc1. The average Bonchev–Trinajstić information content (AvgIpc) is 3.49. The number of hydrogen-bond acceptors (Lipinski definition) is 11. The van der Waals surface area contributed by atoms with Crippen LogP contribution in [0.25, 0.3) is 11.1 Å². The van der Waals surface area contributed by atoms with Gasteiger partial charge in [-0.1, -0.05) is 126 Å². The van der Waals surface area contributed by atoms with Gasteiger partial charge in [-0.3, -0.25) is 4.79 Å². The summed E-state index contributed by atoms with van der Waals surface area (Å²) in [6.45, 7) is -0.420. The fourth-order valence-corrected chi connectivity index (χ4v) is 6.48. The number of hydrogen-bond donors (Lipinski definition) is 2. The van der Waals surface area contributed by atoms with Crippen LogP contribution in [0.3, 0.4) is 0 Å². The van der Waals surface area contributed by atoms with Crippen molar-refractivity contribution >= 4 is 53.5 Å². The van der Waals surface area contributed by atoms with Gasteiger partial charge in [0.25, 0.3) is 6.47 Å². The van der Waals surface area contributed by atoms with E-state index in [2.05, 4.69) is 5.32 Å². The average molecular weight is 801 g/mol. The molecule has 12 nitrogen and oxygen atoms in total. The van der Waals surface area contributed by atoms with Crippen molar-refractivity contribution in [3.8, 4) is 16.9 Å². The molecule has 4 aromatic carbocycles. The van der Waals surface area contributed by atoms with Crippen LogP contribution in [-0.2, 0) is 46.4 Å². The molecule has 1 fully saturated rings. The molecule has 6 rings (SSSR count). The Morgan fingerprint density at radius 2 is 1.43 bits per heavy atom. The summed E-state index contributed by atoms with van der Waals surface area (Å²) in [4.78, 5) is 37.3. The van der Waals surface area contributed by atoms with Crippen LogP contribution >= 0.6 is 34.8 Å². The van der Waals surface area contributed by atoms with Crippen molar-refractivity contribution < 1.29 is 52.6 Å². The van der Waals surface area contributed by atoms with Crippen LogP contribution in [0, 0.1) is 0 Å². The smallest absolute Gasteiger partial charge is 0.445 e. The lowest BCUT2D eigenvalue weighted by Crippen LogP contribution is -2.66. The molecule has 15 heteroatoms. The maximum Gasteiger partial charge on any atom is 0.508 e. The molecule has 0 bridgehead atoms. The second-order valence-electron chi connectivity index (χ2n) is 12.4. The number of carbonyl (C=O) groups is 3. The van der Waals surface area contributed by atoms with E-state index in [9.17, 15) is 19.5 Å². The predicted molar refractivity (Wildman–Crippen MR) is 197 cm³/mol. The fraction of sp³-hybridized carbons (Fsp3) is 0.308. The quantitative estimate of drug-likeness (QED) is 0.0785. The van der Waals surface area contributed by atoms with Crippen LogP contribution in [0.1, 0.15) is 28.2 Å². The minimum atomic E-state index is -1.92. The van der Waals surface area contributed by atoms with Gasteiger partial charge in [-0.05, 0) is 45.5 Å². The van der Waals surface area contributed by atoms with Gasteiger partial charge in [0.2, 0.25) is 3.79 Å². The molecule has 284 valence electrons. The molecular formula is C39H36Cl3NO11. The summed E-state index contributed by atoms with van der Waals surface area (Å²) in [7, 11) is 0. The van der Waals surface area contributed by atoms with Gasteiger partial charge < -0.3 is 43.6 Å². The van der Waals surface area contributed by atoms with Crippen LogP contribution in [-0.4, -0.2) is 78.1 Å². The maximum absolute atomic E-state index is 13.5. The maximum atomic E-state index is 13.5. The summed E-state index contributed by atoms with van der Waals surface area (Å²) in [6.07, 6.45) is -7.71. The Balaban J connectivity index is 1.22. The number of nitrogens with one attached hydrogen (secondary N) is 1. The first-order chi connectivity index (χ1) is 26.1. The van der Waals surface area contributed by atoms with Crippen molar-refractivity contribution in [1.82, 2.24) is 5.32 Å². The number of aliphatic hydroxyl groups excluding tert-OH is 1. The summed E-state index contributed by atoms with van der Waals surface area (Å²) < 4.78 is 37.7. The molecule has 1 amide bonds. The van der Waals surface area contributed by atoms with E-state index in [1.165, 1.54) is 0 Å². The van der Waals surface area contributed by atoms with Crippen molar-refractivity contribution in [3.63, 3.8) is 0 Å². The number of halogens is 3. The molecule has 0 unspecified atom stereocenters. The van der Waals surface area contributed by atoms with E-state index in [1.807, 2.05) is 78.9 Å². The number of rotatable bonds is 14. The lowest BCUT2D eigenvalue weighted by atomic mass is 9.96. The van der Waals surface area contributed by atoms with E-state index in [0.717, 1.165) is 27.8 Å². The predicted octanol–water partition coefficient (Wildman–Crippen LogP) is 6.84. The number of alkyl halides is 3. The van der Waals surface area contributed by atoms with Gasteiger partial charge >= 0.3 is 12.2 Å². The van der Waals surface area contributed by atoms with Gasteiger partial charge in [-0.25, -0.2) is 9.59 Å². The van der Waals surface area contributed by atoms with Gasteiger partial charge in [-0.15, -0.1) is 0 Å². The van der Waals surface area contributed by atoms with E-state index in [4.69, 9.17) is 68.0 Å². The molecule has 54 heavy (non-hydrogen) atoms. The highest BCUT2D eigenvalue weighted by molar-refractivity contribution is 6.67. The second kappa shape index (κ2) is 18.3. The lowest BCUT2D eigenvalue weighted by Gasteiger charge is -2.43. The number of benzene rings is 4. The molecule has 1 heterocycles. The van der Waals surface area contributed by atoms with E-state index < -0.39 is 53.3 Å². The highest BCUT2D eigenvalue weighted by Crippen LogP contribution is 2.44. The van der Waals surface area contributed by atoms with Crippen molar-refractivity contribution in [2.75, 3.05) is 19.8 Å². The Kier molecular flexibility index (Phi) is 13.3. The molecule has 2 aliphatic rings. The molecule has 4 aromatic rings. The van der Waals surface area contributed by atoms with E-state index in [1.54, 1.807) is 24.3 Å². The zero-order valence-corrected chi connectivity index (χ0v) is 30.8. The fourth-order valence-electron chi connectivity index (χ4n) is 6.32. The Bertz CT molecular complexity index is 1830. The van der Waals surface area contributed by atoms with Crippen LogP contribution in [0.2, 0.25) is 0 Å². The largest absolute Gasteiger partial charge is 0.508 e. The zero-order valence-electron chi connectivity index (χ0n) is 28.6. The second-order valence-corrected chi connectivity index (χ2v) is 15.0. The first-order valence-corrected chi connectivity index (χ1v) is 18.0. The number of aliphatic hydroxyl groups is 1. The summed E-state index contributed by atoms with van der Waals surface area (Å²) in [5.74, 6) is 0.0446. The van der Waals surface area contributed by atoms with Crippen LogP contribution in [0.5, 0.6) is 5.75 Å². The first-order valence-electron chi connectivity index (χ1n) is 16.9. The molecule has 0 saturated carbocycles. The third-order valence-corrected chi connectivity index (χ3v) is 9.13. The van der Waals surface area contributed by atoms with E-state index in [0.29, 0.717) is 17.8 Å². The molecule has 2 N–H and O–H groups in total. The number of carbonyl (C=O) groups excluding carboxylic acids is 3. The molecule has 1 aliphatic carbocycles. The number of alkyl carbamates (subject to hydrolysis) is 1. The normalized spacial score (nSPS) is 20.6.